The molecule has 32 heavy (non-hydrogen) atoms. The highest BCUT2D eigenvalue weighted by Gasteiger charge is 2.21. The lowest BCUT2D eigenvalue weighted by molar-refractivity contribution is 0.0960. The monoisotopic (exact) mass is 450 g/mol. The quantitative estimate of drug-likeness (QED) is 0.333. The van der Waals surface area contributed by atoms with Crippen LogP contribution in [0.4, 0.5) is 0 Å². The minimum Gasteiger partial charge on any atom is -0.493 e. The highest BCUT2D eigenvalue weighted by atomic mass is 32.2. The summed E-state index contributed by atoms with van der Waals surface area (Å²) in [6.45, 7) is 0. The fraction of sp³-hybridized carbons (Fsp3) is 0.200. The molecule has 1 aromatic carbocycles. The van der Waals surface area contributed by atoms with Gasteiger partial charge in [0, 0.05) is 17.2 Å². The molecule has 0 radical (unpaired) electrons. The van der Waals surface area contributed by atoms with Gasteiger partial charge in [-0.1, -0.05) is 12.1 Å². The van der Waals surface area contributed by atoms with Crippen molar-refractivity contribution < 1.29 is 9.90 Å². The zero-order valence-corrected chi connectivity index (χ0v) is 17.7. The minimum absolute atomic E-state index is 0.200. The summed E-state index contributed by atoms with van der Waals surface area (Å²) in [6.07, 6.45) is 5.11. The van der Waals surface area contributed by atoms with Gasteiger partial charge in [0.2, 0.25) is 5.88 Å². The summed E-state index contributed by atoms with van der Waals surface area (Å²) in [4.78, 5) is 43.0. The first kappa shape index (κ1) is 20.0. The number of fused-ring (bicyclic) bond motifs is 1. The zero-order chi connectivity index (χ0) is 22.2. The van der Waals surface area contributed by atoms with Crippen LogP contribution in [0.1, 0.15) is 28.9 Å². The van der Waals surface area contributed by atoms with Crippen LogP contribution in [0, 0.1) is 0 Å². The fourth-order valence-electron chi connectivity index (χ4n) is 3.08. The highest BCUT2D eigenvalue weighted by Crippen LogP contribution is 2.27. The molecule has 0 bridgehead atoms. The molecule has 1 saturated carbocycles. The zero-order valence-electron chi connectivity index (χ0n) is 16.9. The van der Waals surface area contributed by atoms with E-state index in [0.717, 1.165) is 12.8 Å². The number of nitrogens with zero attached hydrogens (tertiary/aromatic N) is 5. The Bertz CT molecular complexity index is 1520. The first-order valence-electron chi connectivity index (χ1n) is 9.83. The molecule has 0 saturated heterocycles. The maximum atomic E-state index is 12.2. The van der Waals surface area contributed by atoms with E-state index < -0.39 is 5.69 Å². The molecule has 0 spiro atoms. The number of H-pyrrole nitrogens is 2. The van der Waals surface area contributed by atoms with Crippen molar-refractivity contribution in [1.82, 2.24) is 34.9 Å². The number of amides is 1. The maximum Gasteiger partial charge on any atom is 0.326 e. The Balaban J connectivity index is 1.67. The van der Waals surface area contributed by atoms with E-state index >= 15 is 0 Å². The van der Waals surface area contributed by atoms with Crippen molar-refractivity contribution in [3.8, 4) is 5.88 Å². The van der Waals surface area contributed by atoms with Crippen LogP contribution >= 0.6 is 11.8 Å². The molecule has 162 valence electrons. The minimum atomic E-state index is -0.522. The van der Waals surface area contributed by atoms with E-state index in [1.54, 1.807) is 31.5 Å². The Morgan fingerprint density at radius 3 is 2.84 bits per heavy atom. The first-order chi connectivity index (χ1) is 15.5. The number of carbonyl (C=O) groups excluding carboxylic acids is 1. The average Bonchev–Trinajstić information content (AvgIpc) is 3.42. The SMILES string of the molecule is CNC(=O)c1ccccc1Sc1nc(=NC2CC2)n2ncc(=Cc3[nH]c(=O)[nH]c3O)c2n1. The topological polar surface area (TPSA) is 153 Å². The molecular formula is C20H18N8O3S. The Hall–Kier alpha value is -3.93. The van der Waals surface area contributed by atoms with Gasteiger partial charge in [-0.15, -0.1) is 0 Å². The molecule has 1 amide bonds. The average molecular weight is 450 g/mol. The van der Waals surface area contributed by atoms with Crippen LogP contribution in [0.25, 0.3) is 11.7 Å². The van der Waals surface area contributed by atoms with E-state index in [1.807, 2.05) is 12.1 Å². The van der Waals surface area contributed by atoms with Crippen LogP contribution in [0.3, 0.4) is 0 Å². The second-order valence-electron chi connectivity index (χ2n) is 7.16. The molecule has 1 aliphatic carbocycles. The number of rotatable bonds is 5. The van der Waals surface area contributed by atoms with Crippen molar-refractivity contribution in [2.45, 2.75) is 28.9 Å². The standard InChI is InChI=1S/C20H18N8O3S/c1-21-16(29)12-4-2-3-5-14(12)32-20-25-15-10(8-13-17(30)26-19(31)24-13)9-22-28(15)18(27-20)23-11-6-7-11/h2-5,8-9,11,30H,6-7H2,1H3,(H,21,29)(H2,24,26,31). The maximum absolute atomic E-state index is 12.2. The number of carbonyl (C=O) groups is 1. The molecule has 5 rings (SSSR count). The molecule has 12 heteroatoms. The number of aromatic nitrogens is 6. The van der Waals surface area contributed by atoms with Crippen LogP contribution < -0.4 is 21.8 Å². The van der Waals surface area contributed by atoms with E-state index in [4.69, 9.17) is 0 Å². The predicted molar refractivity (Wildman–Crippen MR) is 115 cm³/mol. The van der Waals surface area contributed by atoms with Gasteiger partial charge in [-0.3, -0.25) is 9.78 Å². The van der Waals surface area contributed by atoms with E-state index in [-0.39, 0.29) is 23.5 Å². The second-order valence-corrected chi connectivity index (χ2v) is 8.17. The Morgan fingerprint density at radius 2 is 2.12 bits per heavy atom. The molecule has 1 fully saturated rings. The van der Waals surface area contributed by atoms with Gasteiger partial charge < -0.3 is 15.4 Å². The van der Waals surface area contributed by atoms with Crippen molar-refractivity contribution >= 4 is 29.4 Å². The van der Waals surface area contributed by atoms with Crippen molar-refractivity contribution in [3.63, 3.8) is 0 Å². The molecule has 11 nitrogen and oxygen atoms in total. The fourth-order valence-corrected chi connectivity index (χ4v) is 3.96. The second kappa shape index (κ2) is 7.96. The Labute approximate surface area is 184 Å². The van der Waals surface area contributed by atoms with E-state index in [0.29, 0.717) is 32.1 Å². The molecule has 0 aliphatic heterocycles. The van der Waals surface area contributed by atoms with Crippen LogP contribution in [0.15, 0.2) is 50.3 Å². The smallest absolute Gasteiger partial charge is 0.326 e. The van der Waals surface area contributed by atoms with Gasteiger partial charge in [-0.25, -0.2) is 14.8 Å². The van der Waals surface area contributed by atoms with E-state index in [2.05, 4.69) is 35.3 Å². The summed E-state index contributed by atoms with van der Waals surface area (Å²) in [6, 6.07) is 7.39. The summed E-state index contributed by atoms with van der Waals surface area (Å²) >= 11 is 1.25. The Kier molecular flexibility index (Phi) is 4.98. The van der Waals surface area contributed by atoms with Gasteiger partial charge >= 0.3 is 5.69 Å². The molecule has 3 aromatic heterocycles. The number of nitrogens with one attached hydrogen (secondary N) is 3. The van der Waals surface area contributed by atoms with Gasteiger partial charge in [0.1, 0.15) is 5.69 Å². The lowest BCUT2D eigenvalue weighted by Gasteiger charge is -2.07. The van der Waals surface area contributed by atoms with Crippen molar-refractivity contribution in [2.24, 2.45) is 4.99 Å². The normalized spacial score (nSPS) is 14.9. The largest absolute Gasteiger partial charge is 0.493 e. The highest BCUT2D eigenvalue weighted by molar-refractivity contribution is 7.99. The van der Waals surface area contributed by atoms with Crippen molar-refractivity contribution in [1.29, 1.82) is 0 Å². The molecular weight excluding hydrogens is 432 g/mol. The van der Waals surface area contributed by atoms with E-state index in [1.165, 1.54) is 16.3 Å². The third-order valence-corrected chi connectivity index (χ3v) is 5.74. The summed E-state index contributed by atoms with van der Waals surface area (Å²) in [5.74, 6) is -0.484. The lowest BCUT2D eigenvalue weighted by Crippen LogP contribution is -2.23. The van der Waals surface area contributed by atoms with Crippen molar-refractivity contribution in [2.75, 3.05) is 7.05 Å². The van der Waals surface area contributed by atoms with Crippen LogP contribution in [-0.4, -0.2) is 53.7 Å². The third-order valence-electron chi connectivity index (χ3n) is 4.80. The van der Waals surface area contributed by atoms with Gasteiger partial charge in [-0.05, 0) is 42.8 Å². The van der Waals surface area contributed by atoms with Gasteiger partial charge in [0.25, 0.3) is 11.5 Å². The van der Waals surface area contributed by atoms with Gasteiger partial charge in [0.15, 0.2) is 10.8 Å². The number of aromatic hydroxyl groups is 1. The Morgan fingerprint density at radius 1 is 1.31 bits per heavy atom. The number of imidazole rings is 1. The summed E-state index contributed by atoms with van der Waals surface area (Å²) < 4.78 is 1.53. The number of hydrogen-bond donors (Lipinski definition) is 4. The molecule has 4 N–H and O–H groups in total. The molecule has 1 aliphatic rings. The first-order valence-corrected chi connectivity index (χ1v) is 10.6. The van der Waals surface area contributed by atoms with Crippen molar-refractivity contribution in [3.05, 3.63) is 63.0 Å². The molecule has 0 atom stereocenters. The third kappa shape index (κ3) is 3.87. The summed E-state index contributed by atoms with van der Waals surface area (Å²) in [5.41, 5.74) is 1.07. The van der Waals surface area contributed by atoms with Crippen LogP contribution in [0.2, 0.25) is 0 Å². The van der Waals surface area contributed by atoms with E-state index in [9.17, 15) is 14.7 Å². The number of hydrogen-bond acceptors (Lipinski definition) is 8. The van der Waals surface area contributed by atoms with Crippen LogP contribution in [-0.2, 0) is 0 Å². The number of benzene rings is 1. The lowest BCUT2D eigenvalue weighted by atomic mass is 10.2. The predicted octanol–water partition coefficient (Wildman–Crippen LogP) is -0.0321. The molecule has 3 heterocycles. The van der Waals surface area contributed by atoms with Gasteiger partial charge in [-0.2, -0.15) is 14.6 Å². The van der Waals surface area contributed by atoms with Crippen LogP contribution in [0.5, 0.6) is 5.88 Å². The molecule has 0 unspecified atom stereocenters. The summed E-state index contributed by atoms with van der Waals surface area (Å²) in [5, 5.41) is 17.8. The molecule has 4 aromatic rings. The number of aromatic amines is 2. The van der Waals surface area contributed by atoms with Gasteiger partial charge in [0.05, 0.1) is 17.8 Å². The summed E-state index contributed by atoms with van der Waals surface area (Å²) in [7, 11) is 1.58.